The van der Waals surface area contributed by atoms with Gasteiger partial charge in [0.05, 0.1) is 6.54 Å². The first-order chi connectivity index (χ1) is 9.20. The van der Waals surface area contributed by atoms with Gasteiger partial charge in [-0.3, -0.25) is 0 Å². The largest absolute Gasteiger partial charge is 0.460 e. The van der Waals surface area contributed by atoms with Gasteiger partial charge in [-0.1, -0.05) is 39.0 Å². The maximum atomic E-state index is 5.89. The predicted molar refractivity (Wildman–Crippen MR) is 80.2 cm³/mol. The van der Waals surface area contributed by atoms with Crippen LogP contribution in [0.25, 0.3) is 11.3 Å². The summed E-state index contributed by atoms with van der Waals surface area (Å²) in [6.45, 7) is 8.41. The van der Waals surface area contributed by atoms with Gasteiger partial charge < -0.3 is 9.73 Å². The minimum absolute atomic E-state index is 0.542. The fraction of sp³-hybridized carbons (Fsp3) is 0.412. The molecule has 0 saturated carbocycles. The van der Waals surface area contributed by atoms with Crippen molar-refractivity contribution in [2.75, 3.05) is 6.54 Å². The number of hydrogen-bond donors (Lipinski definition) is 1. The lowest BCUT2D eigenvalue weighted by atomic mass is 10.0. The Balaban J connectivity index is 2.11. The first-order valence-electron chi connectivity index (χ1n) is 7.10. The first kappa shape index (κ1) is 13.9. The van der Waals surface area contributed by atoms with Crippen molar-refractivity contribution >= 4 is 0 Å². The van der Waals surface area contributed by atoms with Crippen molar-refractivity contribution in [3.63, 3.8) is 0 Å². The second-order valence-corrected chi connectivity index (χ2v) is 5.22. The quantitative estimate of drug-likeness (QED) is 0.767. The Hall–Kier alpha value is -1.54. The van der Waals surface area contributed by atoms with E-state index >= 15 is 0 Å². The summed E-state index contributed by atoms with van der Waals surface area (Å²) >= 11 is 0. The molecule has 0 saturated heterocycles. The van der Waals surface area contributed by atoms with Gasteiger partial charge >= 0.3 is 0 Å². The molecular formula is C17H23NO. The lowest BCUT2D eigenvalue weighted by Gasteiger charge is -2.06. The first-order valence-corrected chi connectivity index (χ1v) is 7.10. The second-order valence-electron chi connectivity index (χ2n) is 5.22. The highest BCUT2D eigenvalue weighted by Crippen LogP contribution is 2.25. The average Bonchev–Trinajstić information content (AvgIpc) is 2.88. The summed E-state index contributed by atoms with van der Waals surface area (Å²) < 4.78 is 5.89. The van der Waals surface area contributed by atoms with Crippen LogP contribution < -0.4 is 5.32 Å². The van der Waals surface area contributed by atoms with Gasteiger partial charge in [0.1, 0.15) is 11.5 Å². The van der Waals surface area contributed by atoms with Crippen molar-refractivity contribution in [2.24, 2.45) is 0 Å². The van der Waals surface area contributed by atoms with Crippen molar-refractivity contribution in [2.45, 2.75) is 39.7 Å². The molecule has 0 amide bonds. The molecule has 0 unspecified atom stereocenters. The zero-order valence-corrected chi connectivity index (χ0v) is 12.1. The third-order valence-corrected chi connectivity index (χ3v) is 3.23. The fourth-order valence-electron chi connectivity index (χ4n) is 2.07. The van der Waals surface area contributed by atoms with Crippen LogP contribution in [0.3, 0.4) is 0 Å². The minimum atomic E-state index is 0.542. The number of furan rings is 1. The number of nitrogens with one attached hydrogen (secondary N) is 1. The van der Waals surface area contributed by atoms with E-state index in [4.69, 9.17) is 4.42 Å². The summed E-state index contributed by atoms with van der Waals surface area (Å²) in [7, 11) is 0. The Kier molecular flexibility index (Phi) is 4.80. The molecule has 0 atom stereocenters. The maximum absolute atomic E-state index is 5.89. The third-order valence-electron chi connectivity index (χ3n) is 3.23. The lowest BCUT2D eigenvalue weighted by molar-refractivity contribution is 0.493. The van der Waals surface area contributed by atoms with E-state index in [1.54, 1.807) is 0 Å². The molecule has 2 aromatic rings. The van der Waals surface area contributed by atoms with Gasteiger partial charge in [0.2, 0.25) is 0 Å². The molecule has 0 fully saturated rings. The standard InChI is InChI=1S/C17H23NO/c1-4-10-18-12-16-8-9-17(19-16)15-7-5-6-14(11-15)13(2)3/h5-9,11,13,18H,4,10,12H2,1-3H3. The van der Waals surface area contributed by atoms with E-state index in [0.717, 1.165) is 36.6 Å². The van der Waals surface area contributed by atoms with Gasteiger partial charge in [-0.25, -0.2) is 0 Å². The summed E-state index contributed by atoms with van der Waals surface area (Å²) in [6, 6.07) is 12.7. The van der Waals surface area contributed by atoms with E-state index in [2.05, 4.69) is 62.5 Å². The summed E-state index contributed by atoms with van der Waals surface area (Å²) in [4.78, 5) is 0. The van der Waals surface area contributed by atoms with E-state index in [1.807, 2.05) is 0 Å². The molecule has 2 rings (SSSR count). The van der Waals surface area contributed by atoms with Gasteiger partial charge in [-0.05, 0) is 42.6 Å². The molecule has 2 heteroatoms. The monoisotopic (exact) mass is 257 g/mol. The highest BCUT2D eigenvalue weighted by Gasteiger charge is 2.06. The Bertz CT molecular complexity index is 513. The van der Waals surface area contributed by atoms with E-state index in [9.17, 15) is 0 Å². The lowest BCUT2D eigenvalue weighted by Crippen LogP contribution is -2.12. The molecule has 2 nitrogen and oxygen atoms in total. The summed E-state index contributed by atoms with van der Waals surface area (Å²) in [5, 5.41) is 3.35. The van der Waals surface area contributed by atoms with Gasteiger partial charge in [0, 0.05) is 5.56 Å². The molecular weight excluding hydrogens is 234 g/mol. The van der Waals surface area contributed by atoms with Gasteiger partial charge in [0.25, 0.3) is 0 Å². The van der Waals surface area contributed by atoms with Crippen LogP contribution in [-0.4, -0.2) is 6.54 Å². The van der Waals surface area contributed by atoms with Crippen LogP contribution >= 0.6 is 0 Å². The normalized spacial score (nSPS) is 11.2. The van der Waals surface area contributed by atoms with E-state index in [1.165, 1.54) is 5.56 Å². The highest BCUT2D eigenvalue weighted by atomic mass is 16.3. The smallest absolute Gasteiger partial charge is 0.134 e. The Morgan fingerprint density at radius 2 is 2.00 bits per heavy atom. The minimum Gasteiger partial charge on any atom is -0.460 e. The predicted octanol–water partition coefficient (Wildman–Crippen LogP) is 4.57. The molecule has 0 aliphatic heterocycles. The van der Waals surface area contributed by atoms with Crippen molar-refractivity contribution in [3.05, 3.63) is 47.7 Å². The maximum Gasteiger partial charge on any atom is 0.134 e. The van der Waals surface area contributed by atoms with Gasteiger partial charge in [-0.2, -0.15) is 0 Å². The van der Waals surface area contributed by atoms with Crippen molar-refractivity contribution in [3.8, 4) is 11.3 Å². The summed E-state index contributed by atoms with van der Waals surface area (Å²) in [6.07, 6.45) is 1.14. The Morgan fingerprint density at radius 3 is 2.74 bits per heavy atom. The molecule has 1 aromatic heterocycles. The van der Waals surface area contributed by atoms with Crippen LogP contribution in [0.5, 0.6) is 0 Å². The summed E-state index contributed by atoms with van der Waals surface area (Å²) in [5.74, 6) is 2.50. The van der Waals surface area contributed by atoms with Crippen LogP contribution in [-0.2, 0) is 6.54 Å². The molecule has 0 radical (unpaired) electrons. The fourth-order valence-corrected chi connectivity index (χ4v) is 2.07. The second kappa shape index (κ2) is 6.58. The molecule has 102 valence electrons. The molecule has 1 N–H and O–H groups in total. The number of hydrogen-bond acceptors (Lipinski definition) is 2. The average molecular weight is 257 g/mol. The molecule has 1 aromatic carbocycles. The number of benzene rings is 1. The zero-order chi connectivity index (χ0) is 13.7. The van der Waals surface area contributed by atoms with Crippen molar-refractivity contribution in [1.82, 2.24) is 5.32 Å². The van der Waals surface area contributed by atoms with Crippen LogP contribution in [0.1, 0.15) is 44.4 Å². The zero-order valence-electron chi connectivity index (χ0n) is 12.1. The summed E-state index contributed by atoms with van der Waals surface area (Å²) in [5.41, 5.74) is 2.51. The third kappa shape index (κ3) is 3.71. The molecule has 0 aliphatic carbocycles. The van der Waals surface area contributed by atoms with Gasteiger partial charge in [0.15, 0.2) is 0 Å². The number of rotatable bonds is 6. The highest BCUT2D eigenvalue weighted by molar-refractivity contribution is 5.58. The molecule has 0 aliphatic rings. The SMILES string of the molecule is CCCNCc1ccc(-c2cccc(C(C)C)c2)o1. The van der Waals surface area contributed by atoms with Crippen LogP contribution in [0.4, 0.5) is 0 Å². The topological polar surface area (TPSA) is 25.2 Å². The molecule has 1 heterocycles. The van der Waals surface area contributed by atoms with Crippen molar-refractivity contribution < 1.29 is 4.42 Å². The van der Waals surface area contributed by atoms with Crippen LogP contribution in [0.2, 0.25) is 0 Å². The van der Waals surface area contributed by atoms with Gasteiger partial charge in [-0.15, -0.1) is 0 Å². The van der Waals surface area contributed by atoms with Crippen molar-refractivity contribution in [1.29, 1.82) is 0 Å². The van der Waals surface area contributed by atoms with E-state index in [-0.39, 0.29) is 0 Å². The Morgan fingerprint density at radius 1 is 1.16 bits per heavy atom. The van der Waals surface area contributed by atoms with Crippen LogP contribution in [0, 0.1) is 0 Å². The van der Waals surface area contributed by atoms with E-state index in [0.29, 0.717) is 5.92 Å². The van der Waals surface area contributed by atoms with Crippen LogP contribution in [0.15, 0.2) is 40.8 Å². The molecule has 0 bridgehead atoms. The Labute approximate surface area is 115 Å². The molecule has 0 spiro atoms. The molecule has 19 heavy (non-hydrogen) atoms. The van der Waals surface area contributed by atoms with E-state index < -0.39 is 0 Å².